The molecule has 0 atom stereocenters. The quantitative estimate of drug-likeness (QED) is 0.719. The van der Waals surface area contributed by atoms with Gasteiger partial charge in [0, 0.05) is 25.6 Å². The molecule has 5 rings (SSSR count). The predicted molar refractivity (Wildman–Crippen MR) is 108 cm³/mol. The van der Waals surface area contributed by atoms with Gasteiger partial charge in [-0.1, -0.05) is 18.2 Å². The van der Waals surface area contributed by atoms with E-state index < -0.39 is 0 Å². The number of likely N-dealkylation sites (tertiary alicyclic amines) is 1. The molecule has 148 valence electrons. The van der Waals surface area contributed by atoms with E-state index in [1.54, 1.807) is 4.80 Å². The molecule has 0 radical (unpaired) electrons. The number of hydrogen-bond donors (Lipinski definition) is 1. The molecule has 8 nitrogen and oxygen atoms in total. The van der Waals surface area contributed by atoms with Gasteiger partial charge in [0.2, 0.25) is 0 Å². The highest BCUT2D eigenvalue weighted by Gasteiger charge is 2.27. The van der Waals surface area contributed by atoms with Crippen LogP contribution in [0.5, 0.6) is 0 Å². The predicted octanol–water partition coefficient (Wildman–Crippen LogP) is 1.76. The number of halogens is 1. The normalized spacial score (nSPS) is 17.9. The fourth-order valence-corrected chi connectivity index (χ4v) is 4.05. The van der Waals surface area contributed by atoms with E-state index in [4.69, 9.17) is 0 Å². The summed E-state index contributed by atoms with van der Waals surface area (Å²) in [4.78, 5) is 4.17. The lowest BCUT2D eigenvalue weighted by Crippen LogP contribution is -2.34. The summed E-state index contributed by atoms with van der Waals surface area (Å²) in [5.74, 6) is 2.78. The maximum absolute atomic E-state index is 4.63. The maximum atomic E-state index is 4.63. The van der Waals surface area contributed by atoms with Gasteiger partial charge in [0.25, 0.3) is 0 Å². The zero-order valence-electron chi connectivity index (χ0n) is 15.7. The van der Waals surface area contributed by atoms with Crippen molar-refractivity contribution in [2.75, 3.05) is 19.6 Å². The Bertz CT molecular complexity index is 898. The van der Waals surface area contributed by atoms with E-state index in [1.165, 1.54) is 5.82 Å². The molecule has 0 saturated carbocycles. The highest BCUT2D eigenvalue weighted by atomic mass is 35.5. The molecule has 1 fully saturated rings. The molecule has 4 heterocycles. The molecule has 2 aliphatic rings. The first-order valence-corrected chi connectivity index (χ1v) is 9.68. The summed E-state index contributed by atoms with van der Waals surface area (Å²) in [6.45, 7) is 5.80. The van der Waals surface area contributed by atoms with Crippen molar-refractivity contribution < 1.29 is 0 Å². The minimum Gasteiger partial charge on any atom is -0.312 e. The lowest BCUT2D eigenvalue weighted by Gasteiger charge is -2.31. The largest absolute Gasteiger partial charge is 0.312 e. The van der Waals surface area contributed by atoms with Crippen molar-refractivity contribution in [3.63, 3.8) is 0 Å². The van der Waals surface area contributed by atoms with Crippen molar-refractivity contribution >= 4 is 12.4 Å². The van der Waals surface area contributed by atoms with E-state index in [2.05, 4.69) is 35.2 Å². The molecule has 9 heteroatoms. The van der Waals surface area contributed by atoms with Gasteiger partial charge in [-0.3, -0.25) is 4.90 Å². The van der Waals surface area contributed by atoms with Crippen molar-refractivity contribution in [2.45, 2.75) is 38.4 Å². The minimum atomic E-state index is 0. The standard InChI is InChI=1S/C19H24N8.ClH/c1-2-4-17(5-3-1)27-21-12-16(24-27)14-25-9-6-15(7-10-25)19-23-22-18-13-20-8-11-26(18)19;/h1-5,12,15,20H,6-11,13-14H2;1H. The Morgan fingerprint density at radius 3 is 2.68 bits per heavy atom. The monoisotopic (exact) mass is 400 g/mol. The summed E-state index contributed by atoms with van der Waals surface area (Å²) >= 11 is 0. The molecule has 1 N–H and O–H groups in total. The Hall–Kier alpha value is -2.29. The number of hydrogen-bond acceptors (Lipinski definition) is 6. The first kappa shape index (κ1) is 19.0. The van der Waals surface area contributed by atoms with Crippen LogP contribution < -0.4 is 5.32 Å². The highest BCUT2D eigenvalue weighted by molar-refractivity contribution is 5.85. The third kappa shape index (κ3) is 3.80. The third-order valence-corrected chi connectivity index (χ3v) is 5.52. The molecule has 0 unspecified atom stereocenters. The number of fused-ring (bicyclic) bond motifs is 1. The van der Waals surface area contributed by atoms with Crippen molar-refractivity contribution in [2.24, 2.45) is 0 Å². The summed E-state index contributed by atoms with van der Waals surface area (Å²) in [5, 5.41) is 21.3. The number of nitrogens with zero attached hydrogens (tertiary/aromatic N) is 7. The van der Waals surface area contributed by atoms with Crippen LogP contribution in [0.3, 0.4) is 0 Å². The lowest BCUT2D eigenvalue weighted by atomic mass is 9.95. The molecule has 1 saturated heterocycles. The molecular formula is C19H25ClN8. The van der Waals surface area contributed by atoms with Crippen molar-refractivity contribution in [1.82, 2.24) is 40.0 Å². The second-order valence-corrected chi connectivity index (χ2v) is 7.31. The Morgan fingerprint density at radius 2 is 1.86 bits per heavy atom. The molecule has 0 amide bonds. The summed E-state index contributed by atoms with van der Waals surface area (Å²) in [6, 6.07) is 10.0. The van der Waals surface area contributed by atoms with E-state index in [9.17, 15) is 0 Å². The summed E-state index contributed by atoms with van der Waals surface area (Å²) < 4.78 is 2.32. The van der Waals surface area contributed by atoms with Crippen LogP contribution in [-0.4, -0.2) is 54.3 Å². The lowest BCUT2D eigenvalue weighted by molar-refractivity contribution is 0.197. The van der Waals surface area contributed by atoms with Gasteiger partial charge in [0.05, 0.1) is 24.1 Å². The molecule has 2 aromatic heterocycles. The van der Waals surface area contributed by atoms with Crippen LogP contribution >= 0.6 is 12.4 Å². The molecule has 3 aromatic rings. The first-order valence-electron chi connectivity index (χ1n) is 9.68. The van der Waals surface area contributed by atoms with Crippen LogP contribution in [0, 0.1) is 0 Å². The van der Waals surface area contributed by atoms with Gasteiger partial charge < -0.3 is 9.88 Å². The van der Waals surface area contributed by atoms with E-state index in [0.717, 1.165) is 69.3 Å². The molecule has 0 spiro atoms. The third-order valence-electron chi connectivity index (χ3n) is 5.52. The van der Waals surface area contributed by atoms with Crippen LogP contribution in [-0.2, 0) is 19.6 Å². The average Bonchev–Trinajstić information content (AvgIpc) is 3.37. The first-order chi connectivity index (χ1) is 13.4. The van der Waals surface area contributed by atoms with E-state index >= 15 is 0 Å². The van der Waals surface area contributed by atoms with Crippen molar-refractivity contribution in [3.05, 3.63) is 53.9 Å². The van der Waals surface area contributed by atoms with Gasteiger partial charge in [0.1, 0.15) is 11.6 Å². The molecule has 0 bridgehead atoms. The molecule has 1 aromatic carbocycles. The van der Waals surface area contributed by atoms with Crippen LogP contribution in [0.15, 0.2) is 36.5 Å². The van der Waals surface area contributed by atoms with Crippen molar-refractivity contribution in [1.29, 1.82) is 0 Å². The second kappa shape index (κ2) is 8.38. The van der Waals surface area contributed by atoms with Crippen LogP contribution in [0.4, 0.5) is 0 Å². The van der Waals surface area contributed by atoms with Crippen LogP contribution in [0.25, 0.3) is 5.69 Å². The number of aromatic nitrogens is 6. The molecule has 2 aliphatic heterocycles. The van der Waals surface area contributed by atoms with Gasteiger partial charge in [-0.2, -0.15) is 15.0 Å². The van der Waals surface area contributed by atoms with Crippen molar-refractivity contribution in [3.8, 4) is 5.69 Å². The fourth-order valence-electron chi connectivity index (χ4n) is 4.05. The average molecular weight is 401 g/mol. The molecule has 0 aliphatic carbocycles. The highest BCUT2D eigenvalue weighted by Crippen LogP contribution is 2.28. The second-order valence-electron chi connectivity index (χ2n) is 7.31. The van der Waals surface area contributed by atoms with Crippen LogP contribution in [0.2, 0.25) is 0 Å². The Balaban J connectivity index is 0.00000192. The van der Waals surface area contributed by atoms with E-state index in [1.807, 2.05) is 36.5 Å². The van der Waals surface area contributed by atoms with E-state index in [0.29, 0.717) is 5.92 Å². The van der Waals surface area contributed by atoms with E-state index in [-0.39, 0.29) is 12.4 Å². The van der Waals surface area contributed by atoms with Gasteiger partial charge in [-0.15, -0.1) is 22.6 Å². The van der Waals surface area contributed by atoms with Gasteiger partial charge in [-0.05, 0) is 38.1 Å². The summed E-state index contributed by atoms with van der Waals surface area (Å²) in [6.07, 6.45) is 4.12. The zero-order chi connectivity index (χ0) is 18.1. The number of para-hydroxylation sites is 1. The Kier molecular flexibility index (Phi) is 5.70. The Morgan fingerprint density at radius 1 is 1.04 bits per heavy atom. The van der Waals surface area contributed by atoms with Gasteiger partial charge in [-0.25, -0.2) is 0 Å². The topological polar surface area (TPSA) is 76.7 Å². The minimum absolute atomic E-state index is 0. The Labute approximate surface area is 170 Å². The summed E-state index contributed by atoms with van der Waals surface area (Å²) in [7, 11) is 0. The molecule has 28 heavy (non-hydrogen) atoms. The maximum Gasteiger partial charge on any atom is 0.147 e. The van der Waals surface area contributed by atoms with Crippen LogP contribution in [0.1, 0.15) is 36.1 Å². The number of piperidine rings is 1. The number of nitrogens with one attached hydrogen (secondary N) is 1. The summed E-state index contributed by atoms with van der Waals surface area (Å²) in [5.41, 5.74) is 2.01. The van der Waals surface area contributed by atoms with Gasteiger partial charge in [0.15, 0.2) is 0 Å². The number of benzene rings is 1. The zero-order valence-corrected chi connectivity index (χ0v) is 16.6. The fraction of sp³-hybridized carbons (Fsp3) is 0.474. The van der Waals surface area contributed by atoms with Gasteiger partial charge >= 0.3 is 0 Å². The molecular weight excluding hydrogens is 376 g/mol. The SMILES string of the molecule is Cl.c1ccc(-n2ncc(CN3CCC(c4nnc5n4CCNC5)CC3)n2)cc1. The smallest absolute Gasteiger partial charge is 0.147 e. The number of rotatable bonds is 4.